The maximum Gasteiger partial charge on any atom is 0.0755 e. The van der Waals surface area contributed by atoms with E-state index in [1.165, 1.54) is 161 Å². The van der Waals surface area contributed by atoms with E-state index < -0.39 is 10.8 Å². The van der Waals surface area contributed by atoms with Gasteiger partial charge in [-0.1, -0.05) is 322 Å². The van der Waals surface area contributed by atoms with Crippen molar-refractivity contribution in [3.63, 3.8) is 0 Å². The Morgan fingerprint density at radius 3 is 1.09 bits per heavy atom. The van der Waals surface area contributed by atoms with Crippen LogP contribution in [0.5, 0.6) is 0 Å². The molecule has 2 spiro atoms. The molecule has 0 amide bonds. The minimum atomic E-state index is -0.654. The first-order chi connectivity index (χ1) is 56.6. The highest BCUT2D eigenvalue weighted by Crippen LogP contribution is 2.64. The van der Waals surface area contributed by atoms with Crippen LogP contribution >= 0.6 is 0 Å². The monoisotopic (exact) mass is 1450 g/mol. The molecular weight excluding hydrogens is 1380 g/mol. The van der Waals surface area contributed by atoms with E-state index in [4.69, 9.17) is 0 Å². The summed E-state index contributed by atoms with van der Waals surface area (Å²) in [6.45, 7) is 0. The Morgan fingerprint density at radius 1 is 0.167 bits per heavy atom. The van der Waals surface area contributed by atoms with E-state index >= 15 is 0 Å². The van der Waals surface area contributed by atoms with Crippen LogP contribution < -0.4 is 9.80 Å². The summed E-state index contributed by atoms with van der Waals surface area (Å²) in [5.41, 5.74) is 39.7. The van der Waals surface area contributed by atoms with E-state index in [-0.39, 0.29) is 0 Å². The zero-order valence-corrected chi connectivity index (χ0v) is 62.2. The number of fused-ring (bicyclic) bond motifs is 24. The minimum Gasteiger partial charge on any atom is -0.310 e. The Hall–Kier alpha value is -14.8. The van der Waals surface area contributed by atoms with Gasteiger partial charge in [0.1, 0.15) is 0 Å². The summed E-state index contributed by atoms with van der Waals surface area (Å²) in [7, 11) is 0. The van der Waals surface area contributed by atoms with Crippen molar-refractivity contribution < 1.29 is 0 Å². The summed E-state index contributed by atoms with van der Waals surface area (Å²) in [4.78, 5) is 4.91. The van der Waals surface area contributed by atoms with Gasteiger partial charge >= 0.3 is 0 Å². The van der Waals surface area contributed by atoms with Crippen molar-refractivity contribution in [3.05, 3.63) is 469 Å². The first-order valence-corrected chi connectivity index (χ1v) is 39.6. The van der Waals surface area contributed by atoms with Crippen LogP contribution in [0, 0.1) is 0 Å². The highest BCUT2D eigenvalue weighted by atomic mass is 15.1. The number of aromatic nitrogens is 2. The third kappa shape index (κ3) is 9.10. The number of hydrogen-bond donors (Lipinski definition) is 0. The molecule has 0 N–H and O–H groups in total. The van der Waals surface area contributed by atoms with Crippen LogP contribution in [-0.2, 0) is 10.8 Å². The molecule has 0 fully saturated rings. The van der Waals surface area contributed by atoms with Gasteiger partial charge in [0, 0.05) is 55.7 Å². The van der Waals surface area contributed by atoms with Gasteiger partial charge in [0.25, 0.3) is 0 Å². The van der Waals surface area contributed by atoms with E-state index in [1.807, 2.05) is 0 Å². The van der Waals surface area contributed by atoms with Crippen LogP contribution in [0.25, 0.3) is 133 Å². The van der Waals surface area contributed by atoms with Gasteiger partial charge < -0.3 is 18.9 Å². The van der Waals surface area contributed by atoms with E-state index in [0.717, 1.165) is 50.8 Å². The molecule has 20 aromatic rings. The maximum atomic E-state index is 2.56. The van der Waals surface area contributed by atoms with Crippen molar-refractivity contribution in [2.45, 2.75) is 10.8 Å². The molecule has 4 heteroatoms. The predicted octanol–water partition coefficient (Wildman–Crippen LogP) is 28.5. The Kier molecular flexibility index (Phi) is 13.9. The number of hydrogen-bond acceptors (Lipinski definition) is 2. The van der Waals surface area contributed by atoms with E-state index in [1.54, 1.807) is 0 Å². The molecule has 4 nitrogen and oxygen atoms in total. The summed E-state index contributed by atoms with van der Waals surface area (Å²) in [6.07, 6.45) is 0. The number of nitrogens with zero attached hydrogens (tertiary/aromatic N) is 4. The molecule has 0 saturated carbocycles. The van der Waals surface area contributed by atoms with Crippen molar-refractivity contribution in [2.24, 2.45) is 0 Å². The van der Waals surface area contributed by atoms with Crippen LogP contribution in [0.2, 0.25) is 0 Å². The lowest BCUT2D eigenvalue weighted by Crippen LogP contribution is -2.33. The first-order valence-electron chi connectivity index (χ1n) is 39.6. The number of benzene rings is 18. The van der Waals surface area contributed by atoms with Gasteiger partial charge in [-0.15, -0.1) is 0 Å². The van der Waals surface area contributed by atoms with Crippen LogP contribution in [0.4, 0.5) is 34.1 Å². The predicted molar refractivity (Wildman–Crippen MR) is 473 cm³/mol. The quantitative estimate of drug-likeness (QED) is 0.128. The normalized spacial score (nSPS) is 14.9. The molecule has 2 unspecified atom stereocenters. The standard InChI is InChI=1S/C110H70N4/c1-4-26-71(27-5-1)73-56-59-80(60-57-73)112(81-34-22-30-76(66-81)72-28-6-2-7-29-72)84-62-64-90-88-39-13-16-44-96(88)110(102(90)70-84)98-46-18-21-51-106(98)114-104-65-58-77(68-94(104)93-42-25-48-100(110)108(93)114)74-52-54-75(55-53-74)85-36-10-11-37-86(85)78-31-23-35-82(67-78)111(79-32-8-3-9-33-79)83-61-63-89-87-38-12-15-43-95(87)109(101(89)69-83)97-45-17-20-50-105(97)113-103-49-19-14-40-91(103)92-41-24-47-99(109)107(92)113/h1-70H. The van der Waals surface area contributed by atoms with Gasteiger partial charge in [0.2, 0.25) is 0 Å². The second-order valence-electron chi connectivity index (χ2n) is 30.9. The molecule has 2 atom stereocenters. The summed E-state index contributed by atoms with van der Waals surface area (Å²) >= 11 is 0. The minimum absolute atomic E-state index is 0.590. The molecule has 2 aromatic heterocycles. The highest BCUT2D eigenvalue weighted by molar-refractivity contribution is 6.15. The molecule has 18 aromatic carbocycles. The second kappa shape index (κ2) is 24.8. The van der Waals surface area contributed by atoms with Gasteiger partial charge in [-0.3, -0.25) is 0 Å². The Labute approximate surface area is 661 Å². The largest absolute Gasteiger partial charge is 0.310 e. The topological polar surface area (TPSA) is 16.3 Å². The van der Waals surface area contributed by atoms with Crippen molar-refractivity contribution in [3.8, 4) is 89.3 Å². The maximum absolute atomic E-state index is 2.56. The highest BCUT2D eigenvalue weighted by Gasteiger charge is 2.53. The lowest BCUT2D eigenvalue weighted by atomic mass is 9.65. The Morgan fingerprint density at radius 2 is 0.500 bits per heavy atom. The van der Waals surface area contributed by atoms with Crippen molar-refractivity contribution in [1.82, 2.24) is 9.13 Å². The molecule has 24 rings (SSSR count). The van der Waals surface area contributed by atoms with Crippen molar-refractivity contribution >= 4 is 77.7 Å². The lowest BCUT2D eigenvalue weighted by Gasteiger charge is -2.40. The summed E-state index contributed by atoms with van der Waals surface area (Å²) in [5, 5.41) is 5.01. The van der Waals surface area contributed by atoms with Crippen LogP contribution in [-0.4, -0.2) is 9.13 Å². The zero-order valence-electron chi connectivity index (χ0n) is 62.2. The fourth-order valence-electron chi connectivity index (χ4n) is 20.6. The molecule has 4 heterocycles. The van der Waals surface area contributed by atoms with E-state index in [9.17, 15) is 0 Å². The second-order valence-corrected chi connectivity index (χ2v) is 30.9. The van der Waals surface area contributed by atoms with Crippen molar-refractivity contribution in [2.75, 3.05) is 9.80 Å². The van der Waals surface area contributed by atoms with Crippen LogP contribution in [0.1, 0.15) is 44.5 Å². The number of rotatable bonds is 11. The molecule has 2 aliphatic heterocycles. The van der Waals surface area contributed by atoms with Gasteiger partial charge in [0.05, 0.1) is 44.3 Å². The molecule has 2 aliphatic carbocycles. The molecule has 0 bridgehead atoms. The van der Waals surface area contributed by atoms with Crippen LogP contribution in [0.3, 0.4) is 0 Å². The van der Waals surface area contributed by atoms with Gasteiger partial charge in [0.15, 0.2) is 0 Å². The van der Waals surface area contributed by atoms with Gasteiger partial charge in [-0.2, -0.15) is 0 Å². The average molecular weight is 1450 g/mol. The third-order valence-electron chi connectivity index (χ3n) is 25.3. The molecule has 114 heavy (non-hydrogen) atoms. The fourth-order valence-corrected chi connectivity index (χ4v) is 20.6. The summed E-state index contributed by atoms with van der Waals surface area (Å²) < 4.78 is 5.09. The van der Waals surface area contributed by atoms with Gasteiger partial charge in [-0.05, 0) is 226 Å². The summed E-state index contributed by atoms with van der Waals surface area (Å²) in [6, 6.07) is 159. The SMILES string of the molecule is c1ccc(-c2ccc(N(c3cccc(-c4ccccc4)c3)c3ccc4c(c3)C3(c5ccccc5-4)c4ccccc4-n4c5ccc(-c6ccc(-c7ccccc7-c7cccc(N(c8ccccc8)c8ccc9c(c8)C8(c%10ccccc%10-9)c9ccccc9-n9c%10ccccc%10c%10cccc8c%109)c7)cc6)cc5c5cccc3c54)cc2)cc1. The zero-order chi connectivity index (χ0) is 74.7. The molecule has 4 aliphatic rings. The number of para-hydroxylation sites is 6. The first kappa shape index (κ1) is 64.0. The summed E-state index contributed by atoms with van der Waals surface area (Å²) in [5.74, 6) is 0. The van der Waals surface area contributed by atoms with E-state index in [2.05, 4.69) is 444 Å². The molecule has 0 saturated heterocycles. The Bertz CT molecular complexity index is 7350. The van der Waals surface area contributed by atoms with E-state index in [0.29, 0.717) is 0 Å². The average Bonchev–Trinajstić information content (AvgIpc) is 1.50. The van der Waals surface area contributed by atoms with Gasteiger partial charge in [-0.25, -0.2) is 0 Å². The molecular formula is C110H70N4. The smallest absolute Gasteiger partial charge is 0.0755 e. The Balaban J connectivity index is 0.602. The fraction of sp³-hybridized carbons (Fsp3) is 0.0182. The van der Waals surface area contributed by atoms with Crippen molar-refractivity contribution in [1.29, 1.82) is 0 Å². The third-order valence-corrected chi connectivity index (χ3v) is 25.3. The molecule has 530 valence electrons. The number of anilines is 6. The molecule has 0 radical (unpaired) electrons. The lowest BCUT2D eigenvalue weighted by molar-refractivity contribution is 0.748. The van der Waals surface area contributed by atoms with Crippen LogP contribution in [0.15, 0.2) is 425 Å².